The van der Waals surface area contributed by atoms with Gasteiger partial charge in [-0.25, -0.2) is 9.78 Å². The van der Waals surface area contributed by atoms with Gasteiger partial charge in [0.1, 0.15) is 17.1 Å². The fourth-order valence-electron chi connectivity index (χ4n) is 2.61. The largest absolute Gasteiger partial charge is 0.494 e. The number of fused-ring (bicyclic) bond motifs is 1. The van der Waals surface area contributed by atoms with Gasteiger partial charge in [0.05, 0.1) is 6.61 Å². The predicted molar refractivity (Wildman–Crippen MR) is 101 cm³/mol. The molecule has 9 nitrogen and oxygen atoms in total. The molecule has 0 aliphatic carbocycles. The van der Waals surface area contributed by atoms with Crippen molar-refractivity contribution < 1.29 is 9.53 Å². The van der Waals surface area contributed by atoms with E-state index in [4.69, 9.17) is 4.74 Å². The number of imidazole rings is 1. The first-order valence-electron chi connectivity index (χ1n) is 8.68. The highest BCUT2D eigenvalue weighted by atomic mass is 16.5. The zero-order valence-corrected chi connectivity index (χ0v) is 15.2. The summed E-state index contributed by atoms with van der Waals surface area (Å²) in [5, 5.41) is 2.81. The van der Waals surface area contributed by atoms with Crippen molar-refractivity contribution in [3.05, 3.63) is 50.9 Å². The topological polar surface area (TPSA) is 122 Å². The number of benzene rings is 1. The average molecular weight is 371 g/mol. The van der Waals surface area contributed by atoms with Gasteiger partial charge in [0, 0.05) is 31.6 Å². The van der Waals surface area contributed by atoms with Crippen LogP contribution in [0.3, 0.4) is 0 Å². The molecule has 0 bridgehead atoms. The summed E-state index contributed by atoms with van der Waals surface area (Å²) in [6.45, 7) is 2.64. The van der Waals surface area contributed by atoms with Crippen LogP contribution in [0, 0.1) is 0 Å². The SMILES string of the molecule is CCCOc1cccc(NC(=O)CCc2nc3c([nH]2)c(=O)[nH]c(=O)n3C)c1. The van der Waals surface area contributed by atoms with E-state index in [1.54, 1.807) is 12.1 Å². The number of nitrogens with zero attached hydrogens (tertiary/aromatic N) is 2. The lowest BCUT2D eigenvalue weighted by molar-refractivity contribution is -0.116. The lowest BCUT2D eigenvalue weighted by Gasteiger charge is -2.08. The van der Waals surface area contributed by atoms with Crippen molar-refractivity contribution in [2.75, 3.05) is 11.9 Å². The summed E-state index contributed by atoms with van der Waals surface area (Å²) in [5.41, 5.74) is 0.0685. The van der Waals surface area contributed by atoms with Crippen LogP contribution in [0.25, 0.3) is 11.2 Å². The van der Waals surface area contributed by atoms with E-state index in [2.05, 4.69) is 20.3 Å². The van der Waals surface area contributed by atoms with Crippen LogP contribution in [0.2, 0.25) is 0 Å². The molecule has 0 aliphatic heterocycles. The molecule has 3 N–H and O–H groups in total. The van der Waals surface area contributed by atoms with Crippen molar-refractivity contribution >= 4 is 22.8 Å². The lowest BCUT2D eigenvalue weighted by Crippen LogP contribution is -2.28. The summed E-state index contributed by atoms with van der Waals surface area (Å²) in [6.07, 6.45) is 1.38. The molecule has 3 rings (SSSR count). The Morgan fingerprint density at radius 1 is 1.30 bits per heavy atom. The first kappa shape index (κ1) is 18.4. The Hall–Kier alpha value is -3.36. The van der Waals surface area contributed by atoms with Crippen LogP contribution >= 0.6 is 0 Å². The number of aromatic amines is 2. The standard InChI is InChI=1S/C18H21N5O4/c1-3-9-27-12-6-4-5-11(10-12)19-14(24)8-7-13-20-15-16(21-13)23(2)18(26)22-17(15)25/h4-6,10H,3,7-9H2,1-2H3,(H,19,24)(H,20,21)(H,22,25,26). The summed E-state index contributed by atoms with van der Waals surface area (Å²) in [5.74, 6) is 0.977. The molecular formula is C18H21N5O4. The molecular weight excluding hydrogens is 350 g/mol. The van der Waals surface area contributed by atoms with Crippen LogP contribution in [0.1, 0.15) is 25.6 Å². The van der Waals surface area contributed by atoms with Crippen LogP contribution in [-0.2, 0) is 18.3 Å². The quantitative estimate of drug-likeness (QED) is 0.578. The Morgan fingerprint density at radius 2 is 2.11 bits per heavy atom. The zero-order chi connectivity index (χ0) is 19.4. The molecule has 0 saturated heterocycles. The molecule has 1 amide bonds. The molecule has 2 heterocycles. The van der Waals surface area contributed by atoms with E-state index in [1.807, 2.05) is 19.1 Å². The number of anilines is 1. The Bertz CT molecular complexity index is 1080. The number of hydrogen-bond donors (Lipinski definition) is 3. The van der Waals surface area contributed by atoms with Gasteiger partial charge in [-0.05, 0) is 18.6 Å². The van der Waals surface area contributed by atoms with E-state index in [9.17, 15) is 14.4 Å². The molecule has 142 valence electrons. The molecule has 2 aromatic heterocycles. The summed E-state index contributed by atoms with van der Waals surface area (Å²) >= 11 is 0. The summed E-state index contributed by atoms with van der Waals surface area (Å²) in [4.78, 5) is 44.9. The molecule has 0 radical (unpaired) electrons. The zero-order valence-electron chi connectivity index (χ0n) is 15.2. The second-order valence-corrected chi connectivity index (χ2v) is 6.12. The van der Waals surface area contributed by atoms with Crippen LogP contribution in [-0.4, -0.2) is 32.0 Å². The fourth-order valence-corrected chi connectivity index (χ4v) is 2.61. The van der Waals surface area contributed by atoms with Gasteiger partial charge >= 0.3 is 5.69 Å². The molecule has 0 atom stereocenters. The summed E-state index contributed by atoms with van der Waals surface area (Å²) < 4.78 is 6.79. The number of aryl methyl sites for hydroxylation is 2. The van der Waals surface area contributed by atoms with Gasteiger partial charge in [0.2, 0.25) is 5.91 Å². The lowest BCUT2D eigenvalue weighted by atomic mass is 10.2. The predicted octanol–water partition coefficient (Wildman–Crippen LogP) is 1.31. The third kappa shape index (κ3) is 4.25. The first-order valence-corrected chi connectivity index (χ1v) is 8.68. The molecule has 0 unspecified atom stereocenters. The number of H-pyrrole nitrogens is 2. The van der Waals surface area contributed by atoms with E-state index in [0.717, 1.165) is 6.42 Å². The number of ether oxygens (including phenoxy) is 1. The highest BCUT2D eigenvalue weighted by molar-refractivity contribution is 5.91. The van der Waals surface area contributed by atoms with Gasteiger partial charge < -0.3 is 15.0 Å². The Balaban J connectivity index is 1.65. The van der Waals surface area contributed by atoms with Crippen LogP contribution < -0.4 is 21.3 Å². The molecule has 0 saturated carbocycles. The normalized spacial score (nSPS) is 10.9. The summed E-state index contributed by atoms with van der Waals surface area (Å²) in [7, 11) is 1.52. The van der Waals surface area contributed by atoms with Crippen molar-refractivity contribution in [3.8, 4) is 5.75 Å². The minimum Gasteiger partial charge on any atom is -0.494 e. The number of nitrogens with one attached hydrogen (secondary N) is 3. The third-order valence-corrected chi connectivity index (χ3v) is 3.98. The van der Waals surface area contributed by atoms with E-state index < -0.39 is 11.2 Å². The van der Waals surface area contributed by atoms with Crippen molar-refractivity contribution in [3.63, 3.8) is 0 Å². The number of carbonyl (C=O) groups excluding carboxylic acids is 1. The highest BCUT2D eigenvalue weighted by Gasteiger charge is 2.12. The first-order chi connectivity index (χ1) is 13.0. The number of carbonyl (C=O) groups is 1. The Labute approximate surface area is 154 Å². The fraction of sp³-hybridized carbons (Fsp3) is 0.333. The van der Waals surface area contributed by atoms with Gasteiger partial charge in [-0.15, -0.1) is 0 Å². The summed E-state index contributed by atoms with van der Waals surface area (Å²) in [6, 6.07) is 7.20. The Kier molecular flexibility index (Phi) is 5.39. The van der Waals surface area contributed by atoms with Gasteiger partial charge in [0.25, 0.3) is 5.56 Å². The maximum atomic E-state index is 12.2. The van der Waals surface area contributed by atoms with Crippen LogP contribution in [0.15, 0.2) is 33.9 Å². The number of amides is 1. The second-order valence-electron chi connectivity index (χ2n) is 6.12. The molecule has 0 aliphatic rings. The molecule has 0 fully saturated rings. The maximum Gasteiger partial charge on any atom is 0.329 e. The van der Waals surface area contributed by atoms with Crippen LogP contribution in [0.4, 0.5) is 5.69 Å². The van der Waals surface area contributed by atoms with Crippen molar-refractivity contribution in [1.82, 2.24) is 19.5 Å². The van der Waals surface area contributed by atoms with E-state index in [-0.39, 0.29) is 23.5 Å². The average Bonchev–Trinajstić information content (AvgIpc) is 3.08. The molecule has 0 spiro atoms. The van der Waals surface area contributed by atoms with E-state index >= 15 is 0 Å². The number of hydrogen-bond acceptors (Lipinski definition) is 5. The molecule has 27 heavy (non-hydrogen) atoms. The number of aromatic nitrogens is 4. The number of rotatable bonds is 7. The van der Waals surface area contributed by atoms with Gasteiger partial charge in [-0.2, -0.15) is 0 Å². The van der Waals surface area contributed by atoms with Crippen molar-refractivity contribution in [2.24, 2.45) is 7.05 Å². The smallest absolute Gasteiger partial charge is 0.329 e. The highest BCUT2D eigenvalue weighted by Crippen LogP contribution is 2.18. The molecule has 1 aromatic carbocycles. The molecule has 3 aromatic rings. The minimum atomic E-state index is -0.534. The van der Waals surface area contributed by atoms with Gasteiger partial charge in [-0.3, -0.25) is 19.1 Å². The Morgan fingerprint density at radius 3 is 2.89 bits per heavy atom. The van der Waals surface area contributed by atoms with Crippen molar-refractivity contribution in [2.45, 2.75) is 26.2 Å². The van der Waals surface area contributed by atoms with Crippen LogP contribution in [0.5, 0.6) is 5.75 Å². The third-order valence-electron chi connectivity index (χ3n) is 3.98. The van der Waals surface area contributed by atoms with Crippen molar-refractivity contribution in [1.29, 1.82) is 0 Å². The maximum absolute atomic E-state index is 12.2. The minimum absolute atomic E-state index is 0.172. The molecule has 9 heteroatoms. The van der Waals surface area contributed by atoms with Gasteiger partial charge in [-0.1, -0.05) is 13.0 Å². The van der Waals surface area contributed by atoms with E-state index in [0.29, 0.717) is 30.3 Å². The second kappa shape index (κ2) is 7.90. The van der Waals surface area contributed by atoms with E-state index in [1.165, 1.54) is 11.6 Å². The monoisotopic (exact) mass is 371 g/mol. The van der Waals surface area contributed by atoms with Gasteiger partial charge in [0.15, 0.2) is 5.65 Å².